The van der Waals surface area contributed by atoms with Gasteiger partial charge in [-0.2, -0.15) is 0 Å². The number of allylic oxidation sites excluding steroid dienone is 1. The highest BCUT2D eigenvalue weighted by Crippen LogP contribution is 2.33. The maximum Gasteiger partial charge on any atom is 0.253 e. The molecule has 0 saturated heterocycles. The molecule has 1 amide bonds. The molecule has 3 rings (SSSR count). The van der Waals surface area contributed by atoms with Crippen molar-refractivity contribution in [2.75, 3.05) is 0 Å². The van der Waals surface area contributed by atoms with E-state index in [0.29, 0.717) is 23.7 Å². The zero-order valence-electron chi connectivity index (χ0n) is 13.4. The third-order valence-corrected chi connectivity index (χ3v) is 4.09. The second kappa shape index (κ2) is 6.48. The normalized spacial score (nSPS) is 17.4. The van der Waals surface area contributed by atoms with Gasteiger partial charge in [-0.25, -0.2) is 9.98 Å². The topological polar surface area (TPSA) is 71.4 Å². The monoisotopic (exact) mass is 308 g/mol. The summed E-state index contributed by atoms with van der Waals surface area (Å²) in [5.74, 6) is 0.902. The quantitative estimate of drug-likeness (QED) is 0.640. The first-order valence-corrected chi connectivity index (χ1v) is 7.94. The van der Waals surface area contributed by atoms with Crippen LogP contribution in [0.5, 0.6) is 0 Å². The lowest BCUT2D eigenvalue weighted by atomic mass is 9.66. The summed E-state index contributed by atoms with van der Waals surface area (Å²) in [6.45, 7) is 3.37. The van der Waals surface area contributed by atoms with Crippen molar-refractivity contribution >= 4 is 35.9 Å². The van der Waals surface area contributed by atoms with Crippen molar-refractivity contribution in [1.29, 1.82) is 0 Å². The maximum atomic E-state index is 12.4. The molecule has 1 aliphatic carbocycles. The summed E-state index contributed by atoms with van der Waals surface area (Å²) in [5, 5.41) is 2.77. The molecule has 5 nitrogen and oxygen atoms in total. The lowest BCUT2D eigenvalue weighted by Gasteiger charge is -2.14. The molecule has 1 atom stereocenters. The van der Waals surface area contributed by atoms with Crippen molar-refractivity contribution in [3.63, 3.8) is 0 Å². The SMILES string of the molecule is C/C=C\C[C@H](NC(=O)c1cnc2c(c1)[B]C(C1CC1)=N2)C(C)=O. The van der Waals surface area contributed by atoms with E-state index in [1.165, 1.54) is 26.0 Å². The van der Waals surface area contributed by atoms with E-state index in [1.807, 2.05) is 26.4 Å². The van der Waals surface area contributed by atoms with Crippen LogP contribution in [0.2, 0.25) is 0 Å². The van der Waals surface area contributed by atoms with Gasteiger partial charge in [0.2, 0.25) is 7.28 Å². The molecule has 0 unspecified atom stereocenters. The van der Waals surface area contributed by atoms with Crippen LogP contribution in [0, 0.1) is 5.92 Å². The van der Waals surface area contributed by atoms with Crippen LogP contribution in [-0.4, -0.2) is 35.6 Å². The third kappa shape index (κ3) is 3.58. The van der Waals surface area contributed by atoms with Gasteiger partial charge in [0.25, 0.3) is 5.91 Å². The van der Waals surface area contributed by atoms with Gasteiger partial charge in [0.1, 0.15) is 5.82 Å². The molecule has 1 aromatic rings. The van der Waals surface area contributed by atoms with Crippen molar-refractivity contribution in [3.05, 3.63) is 30.0 Å². The number of rotatable bonds is 6. The Hall–Kier alpha value is -2.24. The van der Waals surface area contributed by atoms with Crippen molar-refractivity contribution in [3.8, 4) is 0 Å². The molecule has 0 bridgehead atoms. The van der Waals surface area contributed by atoms with Gasteiger partial charge in [0, 0.05) is 6.20 Å². The standard InChI is InChI=1S/C17H19BN3O2/c1-3-4-5-14(10(2)22)20-17(23)12-8-13-16(19-9-12)21-15(18-13)11-6-7-11/h3-4,8-9,11,14H,5-7H2,1-2H3,(H,20,23)/b4-3-/t14-/m0/s1. The molecule has 1 fully saturated rings. The number of fused-ring (bicyclic) bond motifs is 1. The zero-order valence-corrected chi connectivity index (χ0v) is 13.4. The minimum Gasteiger partial charge on any atom is -0.342 e. The summed E-state index contributed by atoms with van der Waals surface area (Å²) in [6.07, 6.45) is 8.12. The predicted octanol–water partition coefficient (Wildman–Crippen LogP) is 1.52. The van der Waals surface area contributed by atoms with Gasteiger partial charge in [-0.05, 0) is 56.2 Å². The number of ketones is 1. The Morgan fingerprint density at radius 2 is 2.26 bits per heavy atom. The summed E-state index contributed by atoms with van der Waals surface area (Å²) >= 11 is 0. The second-order valence-electron chi connectivity index (χ2n) is 6.03. The van der Waals surface area contributed by atoms with Crippen LogP contribution < -0.4 is 10.8 Å². The lowest BCUT2D eigenvalue weighted by molar-refractivity contribution is -0.118. The van der Waals surface area contributed by atoms with Crippen LogP contribution in [0.3, 0.4) is 0 Å². The Morgan fingerprint density at radius 1 is 1.48 bits per heavy atom. The Labute approximate surface area is 136 Å². The van der Waals surface area contributed by atoms with E-state index in [9.17, 15) is 9.59 Å². The molecule has 0 aromatic carbocycles. The molecule has 1 N–H and O–H groups in total. The smallest absolute Gasteiger partial charge is 0.253 e. The Morgan fingerprint density at radius 3 is 2.91 bits per heavy atom. The Balaban J connectivity index is 1.69. The highest BCUT2D eigenvalue weighted by atomic mass is 16.2. The first-order chi connectivity index (χ1) is 11.1. The summed E-state index contributed by atoms with van der Waals surface area (Å²) in [4.78, 5) is 32.8. The van der Waals surface area contributed by atoms with E-state index in [2.05, 4.69) is 15.3 Å². The van der Waals surface area contributed by atoms with Crippen LogP contribution in [0.1, 0.15) is 43.5 Å². The minimum atomic E-state index is -0.505. The largest absolute Gasteiger partial charge is 0.342 e. The van der Waals surface area contributed by atoms with Gasteiger partial charge < -0.3 is 5.32 Å². The molecule has 6 heteroatoms. The Kier molecular flexibility index (Phi) is 4.41. The van der Waals surface area contributed by atoms with Gasteiger partial charge in [-0.3, -0.25) is 9.59 Å². The summed E-state index contributed by atoms with van der Waals surface area (Å²) in [7, 11) is 2.01. The average Bonchev–Trinajstić information content (AvgIpc) is 3.29. The van der Waals surface area contributed by atoms with Crippen molar-refractivity contribution in [2.24, 2.45) is 10.9 Å². The average molecular weight is 308 g/mol. The number of nitrogens with one attached hydrogen (secondary N) is 1. The number of pyridine rings is 1. The van der Waals surface area contributed by atoms with Gasteiger partial charge in [-0.1, -0.05) is 12.2 Å². The molecular weight excluding hydrogens is 289 g/mol. The lowest BCUT2D eigenvalue weighted by Crippen LogP contribution is -2.39. The summed E-state index contributed by atoms with van der Waals surface area (Å²) in [6, 6.07) is 1.29. The van der Waals surface area contributed by atoms with E-state index in [1.54, 1.807) is 6.07 Å². The van der Waals surface area contributed by atoms with Crippen molar-refractivity contribution < 1.29 is 9.59 Å². The van der Waals surface area contributed by atoms with Gasteiger partial charge in [0.05, 0.1) is 11.6 Å². The number of amides is 1. The fourth-order valence-corrected chi connectivity index (χ4v) is 2.54. The van der Waals surface area contributed by atoms with E-state index < -0.39 is 6.04 Å². The van der Waals surface area contributed by atoms with Crippen LogP contribution in [0.15, 0.2) is 29.4 Å². The molecule has 1 aliphatic heterocycles. The number of nitrogens with zero attached hydrogens (tertiary/aromatic N) is 2. The molecular formula is C17H19BN3O2. The number of Topliss-reactive ketones (excluding diaryl/α,β-unsaturated/α-hetero) is 1. The molecule has 2 aliphatic rings. The summed E-state index contributed by atoms with van der Waals surface area (Å²) < 4.78 is 0. The van der Waals surface area contributed by atoms with Crippen LogP contribution in [-0.2, 0) is 4.79 Å². The van der Waals surface area contributed by atoms with Gasteiger partial charge >= 0.3 is 0 Å². The van der Waals surface area contributed by atoms with E-state index in [0.717, 1.165) is 11.1 Å². The van der Waals surface area contributed by atoms with Gasteiger partial charge in [0.15, 0.2) is 5.78 Å². The van der Waals surface area contributed by atoms with Crippen LogP contribution in [0.25, 0.3) is 0 Å². The van der Waals surface area contributed by atoms with E-state index in [4.69, 9.17) is 0 Å². The summed E-state index contributed by atoms with van der Waals surface area (Å²) in [5.41, 5.74) is 2.41. The molecule has 2 heterocycles. The number of carbonyl (C=O) groups excluding carboxylic acids is 2. The molecule has 117 valence electrons. The molecule has 23 heavy (non-hydrogen) atoms. The number of aliphatic imine (C=N–C) groups is 1. The van der Waals surface area contributed by atoms with E-state index in [-0.39, 0.29) is 11.7 Å². The van der Waals surface area contributed by atoms with Crippen LogP contribution in [0.4, 0.5) is 5.82 Å². The first-order valence-electron chi connectivity index (χ1n) is 7.94. The van der Waals surface area contributed by atoms with Crippen LogP contribution >= 0.6 is 0 Å². The number of hydrogen-bond donors (Lipinski definition) is 1. The third-order valence-electron chi connectivity index (χ3n) is 4.09. The van der Waals surface area contributed by atoms with Gasteiger partial charge in [-0.15, -0.1) is 0 Å². The zero-order chi connectivity index (χ0) is 16.4. The highest BCUT2D eigenvalue weighted by molar-refractivity contribution is 6.88. The fraction of sp³-hybridized carbons (Fsp3) is 0.412. The fourth-order valence-electron chi connectivity index (χ4n) is 2.54. The first kappa shape index (κ1) is 15.7. The molecule has 1 aromatic heterocycles. The number of hydrogen-bond acceptors (Lipinski definition) is 4. The van der Waals surface area contributed by atoms with Crippen molar-refractivity contribution in [1.82, 2.24) is 10.3 Å². The Bertz CT molecular complexity index is 708. The van der Waals surface area contributed by atoms with E-state index >= 15 is 0 Å². The predicted molar refractivity (Wildman–Crippen MR) is 90.8 cm³/mol. The number of aromatic nitrogens is 1. The highest BCUT2D eigenvalue weighted by Gasteiger charge is 2.32. The molecule has 1 radical (unpaired) electrons. The second-order valence-corrected chi connectivity index (χ2v) is 6.03. The molecule has 0 spiro atoms. The maximum absolute atomic E-state index is 12.4. The minimum absolute atomic E-state index is 0.0588. The number of carbonyl (C=O) groups is 2. The molecule has 1 saturated carbocycles. The van der Waals surface area contributed by atoms with Crippen molar-refractivity contribution in [2.45, 2.75) is 39.2 Å².